The van der Waals surface area contributed by atoms with Gasteiger partial charge in [0.05, 0.1) is 11.8 Å². The second-order valence-electron chi connectivity index (χ2n) is 8.41. The molecule has 1 heterocycles. The largest absolute Gasteiger partial charge is 0.408 e. The number of rotatable bonds is 3. The molecule has 0 bridgehead atoms. The molecule has 0 radical (unpaired) electrons. The average molecular weight is 375 g/mol. The average Bonchev–Trinajstić information content (AvgIpc) is 2.90. The summed E-state index contributed by atoms with van der Waals surface area (Å²) in [5, 5.41) is 0.883. The van der Waals surface area contributed by atoms with E-state index in [1.165, 1.54) is 5.56 Å². The quantitative estimate of drug-likeness (QED) is 0.529. The van der Waals surface area contributed by atoms with Crippen LogP contribution in [0.2, 0.25) is 23.2 Å². The fraction of sp³-hybridized carbons (Fsp3) is 0.450. The Morgan fingerprint density at radius 2 is 1.96 bits per heavy atom. The lowest BCUT2D eigenvalue weighted by atomic mass is 10.0. The lowest BCUT2D eigenvalue weighted by Gasteiger charge is -2.38. The van der Waals surface area contributed by atoms with Gasteiger partial charge in [-0.2, -0.15) is 0 Å². The highest BCUT2D eigenvalue weighted by molar-refractivity contribution is 6.74. The molecule has 0 fully saturated rings. The number of pyridine rings is 1. The first-order chi connectivity index (χ1) is 11.6. The van der Waals surface area contributed by atoms with Crippen LogP contribution in [0.5, 0.6) is 0 Å². The van der Waals surface area contributed by atoms with Crippen molar-refractivity contribution in [2.75, 3.05) is 5.73 Å². The maximum Gasteiger partial charge on any atom is 0.192 e. The van der Waals surface area contributed by atoms with Crippen LogP contribution in [0, 0.1) is 0 Å². The van der Waals surface area contributed by atoms with E-state index in [4.69, 9.17) is 26.7 Å². The minimum Gasteiger partial charge on any atom is -0.408 e. The fourth-order valence-electron chi connectivity index (χ4n) is 3.01. The number of anilines is 1. The molecule has 0 saturated carbocycles. The Morgan fingerprint density at radius 1 is 1.24 bits per heavy atom. The molecule has 1 aliphatic carbocycles. The van der Waals surface area contributed by atoms with Crippen LogP contribution >= 0.6 is 11.6 Å². The van der Waals surface area contributed by atoms with Gasteiger partial charge in [0.15, 0.2) is 8.32 Å². The monoisotopic (exact) mass is 374 g/mol. The molecule has 3 rings (SSSR count). The van der Waals surface area contributed by atoms with E-state index >= 15 is 0 Å². The Bertz CT molecular complexity index is 799. The molecule has 0 aliphatic heterocycles. The lowest BCUT2D eigenvalue weighted by Crippen LogP contribution is -2.41. The van der Waals surface area contributed by atoms with Gasteiger partial charge in [-0.05, 0) is 60.8 Å². The van der Waals surface area contributed by atoms with E-state index in [0.29, 0.717) is 5.02 Å². The Hall–Kier alpha value is -1.36. The molecular formula is C20H27ClN2OSi. The topological polar surface area (TPSA) is 48.1 Å². The first kappa shape index (κ1) is 18.4. The SMILES string of the molecule is CC(C)(C)[Si](C)(C)OC1CCc2cc(-c3cc(Cl)ccc3N)cnc21. The first-order valence-corrected chi connectivity index (χ1v) is 12.1. The number of nitrogen functional groups attached to an aromatic ring is 1. The van der Waals surface area contributed by atoms with Gasteiger partial charge in [-0.1, -0.05) is 32.4 Å². The van der Waals surface area contributed by atoms with Crippen molar-refractivity contribution in [3.8, 4) is 11.1 Å². The zero-order chi connectivity index (χ0) is 18.4. The Labute approximate surface area is 156 Å². The summed E-state index contributed by atoms with van der Waals surface area (Å²) in [6.45, 7) is 11.4. The summed E-state index contributed by atoms with van der Waals surface area (Å²) < 4.78 is 6.61. The third-order valence-corrected chi connectivity index (χ3v) is 10.3. The van der Waals surface area contributed by atoms with Gasteiger partial charge in [-0.25, -0.2) is 0 Å². The van der Waals surface area contributed by atoms with Crippen molar-refractivity contribution in [3.63, 3.8) is 0 Å². The molecule has 0 saturated heterocycles. The van der Waals surface area contributed by atoms with E-state index in [9.17, 15) is 0 Å². The van der Waals surface area contributed by atoms with Gasteiger partial charge < -0.3 is 10.2 Å². The summed E-state index contributed by atoms with van der Waals surface area (Å²) in [5.74, 6) is 0. The molecule has 1 atom stereocenters. The summed E-state index contributed by atoms with van der Waals surface area (Å²) >= 11 is 6.13. The number of halogens is 1. The number of aromatic nitrogens is 1. The Morgan fingerprint density at radius 3 is 2.64 bits per heavy atom. The molecule has 25 heavy (non-hydrogen) atoms. The minimum absolute atomic E-state index is 0.113. The molecule has 1 aromatic carbocycles. The molecule has 0 amide bonds. The molecule has 2 N–H and O–H groups in total. The zero-order valence-corrected chi connectivity index (χ0v) is 17.4. The number of hydrogen-bond acceptors (Lipinski definition) is 3. The van der Waals surface area contributed by atoms with Gasteiger partial charge in [0, 0.05) is 28.0 Å². The molecule has 1 aromatic heterocycles. The van der Waals surface area contributed by atoms with Crippen molar-refractivity contribution < 1.29 is 4.43 Å². The molecule has 1 aliphatic rings. The summed E-state index contributed by atoms with van der Waals surface area (Å²) in [6.07, 6.45) is 4.01. The van der Waals surface area contributed by atoms with Crippen LogP contribution in [0.3, 0.4) is 0 Å². The van der Waals surface area contributed by atoms with Crippen LogP contribution in [0.15, 0.2) is 30.5 Å². The van der Waals surface area contributed by atoms with Crippen molar-refractivity contribution in [2.24, 2.45) is 0 Å². The highest BCUT2D eigenvalue weighted by Crippen LogP contribution is 2.43. The van der Waals surface area contributed by atoms with E-state index < -0.39 is 8.32 Å². The fourth-order valence-corrected chi connectivity index (χ4v) is 4.47. The second-order valence-corrected chi connectivity index (χ2v) is 13.6. The summed E-state index contributed by atoms with van der Waals surface area (Å²) in [4.78, 5) is 4.75. The predicted octanol–water partition coefficient (Wildman–Crippen LogP) is 5.99. The van der Waals surface area contributed by atoms with Crippen LogP contribution in [0.1, 0.15) is 44.6 Å². The van der Waals surface area contributed by atoms with Crippen molar-refractivity contribution in [1.82, 2.24) is 4.98 Å². The Kier molecular flexibility index (Phi) is 4.73. The van der Waals surface area contributed by atoms with E-state index in [2.05, 4.69) is 39.9 Å². The second kappa shape index (κ2) is 6.42. The maximum absolute atomic E-state index is 6.61. The van der Waals surface area contributed by atoms with Crippen LogP contribution in [-0.4, -0.2) is 13.3 Å². The third-order valence-electron chi connectivity index (χ3n) is 5.55. The highest BCUT2D eigenvalue weighted by atomic mass is 35.5. The normalized spacial score (nSPS) is 17.6. The molecule has 134 valence electrons. The molecule has 2 aromatic rings. The van der Waals surface area contributed by atoms with E-state index in [1.54, 1.807) is 0 Å². The molecular weight excluding hydrogens is 348 g/mol. The van der Waals surface area contributed by atoms with Gasteiger partial charge in [-0.15, -0.1) is 0 Å². The number of benzene rings is 1. The van der Waals surface area contributed by atoms with Crippen molar-refractivity contribution in [3.05, 3.63) is 46.7 Å². The molecule has 0 spiro atoms. The van der Waals surface area contributed by atoms with Gasteiger partial charge in [0.25, 0.3) is 0 Å². The van der Waals surface area contributed by atoms with Gasteiger partial charge in [-0.3, -0.25) is 4.98 Å². The number of nitrogens with zero attached hydrogens (tertiary/aromatic N) is 1. The van der Waals surface area contributed by atoms with Gasteiger partial charge >= 0.3 is 0 Å². The highest BCUT2D eigenvalue weighted by Gasteiger charge is 2.41. The number of hydrogen-bond donors (Lipinski definition) is 1. The Balaban J connectivity index is 1.90. The summed E-state index contributed by atoms with van der Waals surface area (Å²) in [5.41, 5.74) is 11.2. The van der Waals surface area contributed by atoms with Gasteiger partial charge in [0.1, 0.15) is 0 Å². The first-order valence-electron chi connectivity index (χ1n) is 8.80. The lowest BCUT2D eigenvalue weighted by molar-refractivity contribution is 0.181. The number of fused-ring (bicyclic) bond motifs is 1. The smallest absolute Gasteiger partial charge is 0.192 e. The van der Waals surface area contributed by atoms with E-state index in [-0.39, 0.29) is 11.1 Å². The summed E-state index contributed by atoms with van der Waals surface area (Å²) in [6, 6.07) is 7.75. The van der Waals surface area contributed by atoms with Crippen molar-refractivity contribution in [2.45, 2.75) is 57.8 Å². The zero-order valence-electron chi connectivity index (χ0n) is 15.7. The molecule has 1 unspecified atom stereocenters. The molecule has 5 heteroatoms. The van der Waals surface area contributed by atoms with Crippen molar-refractivity contribution in [1.29, 1.82) is 0 Å². The van der Waals surface area contributed by atoms with E-state index in [1.807, 2.05) is 24.4 Å². The predicted molar refractivity (Wildman–Crippen MR) is 108 cm³/mol. The summed E-state index contributed by atoms with van der Waals surface area (Å²) in [7, 11) is -1.81. The van der Waals surface area contributed by atoms with Crippen LogP contribution in [-0.2, 0) is 10.8 Å². The van der Waals surface area contributed by atoms with Gasteiger partial charge in [0.2, 0.25) is 0 Å². The third kappa shape index (κ3) is 3.62. The number of nitrogens with two attached hydrogens (primary N) is 1. The minimum atomic E-state index is -1.81. The van der Waals surface area contributed by atoms with Crippen LogP contribution in [0.25, 0.3) is 11.1 Å². The van der Waals surface area contributed by atoms with E-state index in [0.717, 1.165) is 35.3 Å². The maximum atomic E-state index is 6.61. The van der Waals surface area contributed by atoms with Crippen molar-refractivity contribution >= 4 is 25.6 Å². The van der Waals surface area contributed by atoms with Crippen LogP contribution in [0.4, 0.5) is 5.69 Å². The molecule has 3 nitrogen and oxygen atoms in total. The van der Waals surface area contributed by atoms with Crippen LogP contribution < -0.4 is 5.73 Å². The number of aryl methyl sites for hydroxylation is 1. The standard InChI is InChI=1S/C20H27ClN2OSi/c1-20(2,3)25(4,5)24-18-9-6-13-10-14(12-23-19(13)18)16-11-15(21)7-8-17(16)22/h7-8,10-12,18H,6,9,22H2,1-5H3.